The fourth-order valence-corrected chi connectivity index (χ4v) is 4.49. The molecule has 0 heterocycles. The van der Waals surface area contributed by atoms with Crippen molar-refractivity contribution in [2.45, 2.75) is 24.3 Å². The molecule has 0 saturated carbocycles. The Balaban J connectivity index is 2.26. The summed E-state index contributed by atoms with van der Waals surface area (Å²) in [6.07, 6.45) is -7.26. The third-order valence-corrected chi connectivity index (χ3v) is 6.92. The van der Waals surface area contributed by atoms with Gasteiger partial charge in [-0.1, -0.05) is 53.0 Å². The van der Waals surface area contributed by atoms with Gasteiger partial charge < -0.3 is 15.5 Å². The van der Waals surface area contributed by atoms with Crippen LogP contribution >= 0.6 is 50.7 Å². The zero-order valence-electron chi connectivity index (χ0n) is 20.2. The molecule has 0 aliphatic rings. The molecule has 0 spiro atoms. The van der Waals surface area contributed by atoms with Crippen molar-refractivity contribution in [1.29, 1.82) is 0 Å². The molecule has 2 N–H and O–H groups in total. The van der Waals surface area contributed by atoms with Crippen LogP contribution in [0, 0.1) is 0 Å². The molecule has 39 heavy (non-hydrogen) atoms. The van der Waals surface area contributed by atoms with Crippen molar-refractivity contribution in [2.75, 3.05) is 27.2 Å². The Morgan fingerprint density at radius 2 is 1.62 bits per heavy atom. The van der Waals surface area contributed by atoms with Crippen molar-refractivity contribution >= 4 is 68.6 Å². The Bertz CT molecular complexity index is 1220. The minimum absolute atomic E-state index is 0.00293. The van der Waals surface area contributed by atoms with Gasteiger partial charge in [-0.25, -0.2) is 0 Å². The van der Waals surface area contributed by atoms with Crippen molar-refractivity contribution in [3.8, 4) is 0 Å². The molecule has 214 valence electrons. The number of amides is 2. The highest BCUT2D eigenvalue weighted by Gasteiger charge is 2.39. The van der Waals surface area contributed by atoms with Gasteiger partial charge in [0.15, 0.2) is 0 Å². The van der Waals surface area contributed by atoms with Crippen LogP contribution in [0.3, 0.4) is 0 Å². The van der Waals surface area contributed by atoms with E-state index >= 15 is 0 Å². The number of nitrogens with zero attached hydrogens (tertiary/aromatic N) is 1. The van der Waals surface area contributed by atoms with Crippen molar-refractivity contribution in [1.82, 2.24) is 15.5 Å². The predicted molar refractivity (Wildman–Crippen MR) is 142 cm³/mol. The average molecular weight is 684 g/mol. The predicted octanol–water partition coefficient (Wildman–Crippen LogP) is 7.11. The van der Waals surface area contributed by atoms with E-state index in [0.717, 1.165) is 18.2 Å². The number of likely N-dealkylation sites (N-methyl/N-ethyl adjacent to an activating group) is 1. The van der Waals surface area contributed by atoms with Gasteiger partial charge in [-0.05, 0) is 65.4 Å². The summed E-state index contributed by atoms with van der Waals surface area (Å²) in [7, 11) is 3.13. The lowest BCUT2D eigenvalue weighted by Gasteiger charge is -2.22. The van der Waals surface area contributed by atoms with Gasteiger partial charge in [0.05, 0.1) is 26.5 Å². The van der Waals surface area contributed by atoms with Crippen LogP contribution in [0.2, 0.25) is 15.1 Å². The molecule has 0 aromatic heterocycles. The fraction of sp³-hybridized carbons (Fsp3) is 0.333. The standard InChI is InChI=1S/C24H21BrCl3F6N3O2/c1-37(2)10-19(22(39)35-11-23(29,30)31)36-21(38)14-5-3-12(7-16(14)25)4-6-15(24(32,33)34)13-8-17(26)20(28)18(27)9-13/h3-9,15,19H,10-11H2,1-2H3,(H,35,39)(H,36,38)/b6-4+. The topological polar surface area (TPSA) is 61.4 Å². The molecule has 0 saturated heterocycles. The molecular formula is C24H21BrCl3F6N3O2. The summed E-state index contributed by atoms with van der Waals surface area (Å²) in [6.45, 7) is -1.66. The first-order chi connectivity index (χ1) is 17.9. The van der Waals surface area contributed by atoms with Gasteiger partial charge in [-0.2, -0.15) is 26.3 Å². The van der Waals surface area contributed by atoms with Gasteiger partial charge >= 0.3 is 12.4 Å². The van der Waals surface area contributed by atoms with Gasteiger partial charge in [0.2, 0.25) is 5.91 Å². The monoisotopic (exact) mass is 681 g/mol. The van der Waals surface area contributed by atoms with Crippen LogP contribution in [0.25, 0.3) is 6.08 Å². The molecule has 0 fully saturated rings. The second-order valence-electron chi connectivity index (χ2n) is 8.54. The van der Waals surface area contributed by atoms with Crippen LogP contribution in [0.1, 0.15) is 27.4 Å². The number of carbonyl (C=O) groups is 2. The van der Waals surface area contributed by atoms with Crippen LogP contribution in [0.4, 0.5) is 26.3 Å². The van der Waals surface area contributed by atoms with E-state index < -0.39 is 42.7 Å². The summed E-state index contributed by atoms with van der Waals surface area (Å²) < 4.78 is 79.0. The number of rotatable bonds is 9. The molecule has 0 bridgehead atoms. The second-order valence-corrected chi connectivity index (χ2v) is 10.6. The second kappa shape index (κ2) is 13.6. The van der Waals surface area contributed by atoms with Crippen LogP contribution in [0.15, 0.2) is 40.9 Å². The van der Waals surface area contributed by atoms with Gasteiger partial charge in [0, 0.05) is 11.0 Å². The average Bonchev–Trinajstić information content (AvgIpc) is 2.79. The maximum absolute atomic E-state index is 13.8. The minimum Gasteiger partial charge on any atom is -0.345 e. The Labute approximate surface area is 243 Å². The summed E-state index contributed by atoms with van der Waals surface area (Å²) >= 11 is 20.8. The number of alkyl halides is 6. The van der Waals surface area contributed by atoms with E-state index in [-0.39, 0.29) is 42.8 Å². The van der Waals surface area contributed by atoms with E-state index in [0.29, 0.717) is 0 Å². The summed E-state index contributed by atoms with van der Waals surface area (Å²) in [5.41, 5.74) is 0.0544. The first kappa shape index (κ1) is 33.2. The normalized spacial score (nSPS) is 14.0. The molecule has 2 atom stereocenters. The van der Waals surface area contributed by atoms with Gasteiger partial charge in [0.25, 0.3) is 5.91 Å². The molecule has 0 radical (unpaired) electrons. The molecule has 2 amide bonds. The number of benzene rings is 2. The first-order valence-corrected chi connectivity index (χ1v) is 12.8. The Morgan fingerprint density at radius 1 is 1.03 bits per heavy atom. The summed E-state index contributed by atoms with van der Waals surface area (Å²) in [5, 5.41) is 3.75. The van der Waals surface area contributed by atoms with Crippen LogP contribution in [-0.2, 0) is 4.79 Å². The zero-order valence-corrected chi connectivity index (χ0v) is 24.0. The lowest BCUT2D eigenvalue weighted by molar-refractivity contribution is -0.139. The maximum atomic E-state index is 13.8. The third-order valence-electron chi connectivity index (χ3n) is 5.07. The molecule has 5 nitrogen and oxygen atoms in total. The lowest BCUT2D eigenvalue weighted by Crippen LogP contribution is -2.53. The van der Waals surface area contributed by atoms with Crippen LogP contribution < -0.4 is 10.6 Å². The number of hydrogen-bond donors (Lipinski definition) is 2. The van der Waals surface area contributed by atoms with Crippen molar-refractivity contribution in [2.24, 2.45) is 0 Å². The molecule has 2 unspecified atom stereocenters. The summed E-state index contributed by atoms with van der Waals surface area (Å²) in [5.74, 6) is -3.90. The Morgan fingerprint density at radius 3 is 2.10 bits per heavy atom. The summed E-state index contributed by atoms with van der Waals surface area (Å²) in [4.78, 5) is 26.5. The highest BCUT2D eigenvalue weighted by molar-refractivity contribution is 9.10. The van der Waals surface area contributed by atoms with E-state index in [1.54, 1.807) is 19.4 Å². The fourth-order valence-electron chi connectivity index (χ4n) is 3.30. The van der Waals surface area contributed by atoms with E-state index in [1.807, 2.05) is 0 Å². The SMILES string of the molecule is CN(C)CC(NC(=O)c1ccc(/C=C/C(c2cc(Cl)c(Cl)c(Cl)c2)C(F)(F)F)cc1Br)C(=O)NCC(F)(F)F. The Hall–Kier alpha value is -1.99. The highest BCUT2D eigenvalue weighted by Crippen LogP contribution is 2.41. The van der Waals surface area contributed by atoms with Gasteiger partial charge in [-0.15, -0.1) is 0 Å². The van der Waals surface area contributed by atoms with E-state index in [1.165, 1.54) is 29.2 Å². The molecule has 2 aromatic carbocycles. The third kappa shape index (κ3) is 10.2. The number of allylic oxidation sites excluding steroid dienone is 1. The number of halogens is 10. The molecule has 2 aromatic rings. The number of hydrogen-bond acceptors (Lipinski definition) is 3. The van der Waals surface area contributed by atoms with E-state index in [9.17, 15) is 35.9 Å². The maximum Gasteiger partial charge on any atom is 0.405 e. The smallest absolute Gasteiger partial charge is 0.345 e. The molecule has 0 aliphatic heterocycles. The zero-order chi connectivity index (χ0) is 29.7. The van der Waals surface area contributed by atoms with Crippen LogP contribution in [0.5, 0.6) is 0 Å². The molecule has 15 heteroatoms. The van der Waals surface area contributed by atoms with Gasteiger partial charge in [0.1, 0.15) is 12.6 Å². The van der Waals surface area contributed by atoms with Gasteiger partial charge in [-0.3, -0.25) is 9.59 Å². The van der Waals surface area contributed by atoms with Crippen molar-refractivity contribution in [3.63, 3.8) is 0 Å². The van der Waals surface area contributed by atoms with E-state index in [2.05, 4.69) is 21.2 Å². The molecule has 2 rings (SSSR count). The van der Waals surface area contributed by atoms with Crippen molar-refractivity contribution in [3.05, 3.63) is 72.6 Å². The van der Waals surface area contributed by atoms with Crippen LogP contribution in [-0.4, -0.2) is 62.3 Å². The van der Waals surface area contributed by atoms with E-state index in [4.69, 9.17) is 34.8 Å². The number of carbonyl (C=O) groups excluding carboxylic acids is 2. The largest absolute Gasteiger partial charge is 0.405 e. The Kier molecular flexibility index (Phi) is 11.6. The minimum atomic E-state index is -4.69. The lowest BCUT2D eigenvalue weighted by atomic mass is 9.97. The highest BCUT2D eigenvalue weighted by atomic mass is 79.9. The molecular weight excluding hydrogens is 663 g/mol. The molecule has 0 aliphatic carbocycles. The number of nitrogens with one attached hydrogen (secondary N) is 2. The summed E-state index contributed by atoms with van der Waals surface area (Å²) in [6, 6.07) is 4.83. The first-order valence-electron chi connectivity index (χ1n) is 10.9. The van der Waals surface area contributed by atoms with Crippen molar-refractivity contribution < 1.29 is 35.9 Å². The quantitative estimate of drug-likeness (QED) is 0.219.